The second-order valence-electron chi connectivity index (χ2n) is 3.68. The molecule has 0 atom stereocenters. The molecule has 0 radical (unpaired) electrons. The van der Waals surface area contributed by atoms with Gasteiger partial charge in [-0.15, -0.1) is 6.58 Å². The van der Waals surface area contributed by atoms with Gasteiger partial charge in [-0.2, -0.15) is 0 Å². The molecule has 0 spiro atoms. The summed E-state index contributed by atoms with van der Waals surface area (Å²) in [5.74, 6) is 0. The van der Waals surface area contributed by atoms with Gasteiger partial charge in [0.2, 0.25) is 0 Å². The van der Waals surface area contributed by atoms with Crippen LogP contribution in [0.2, 0.25) is 0 Å². The minimum atomic E-state index is -0.568. The van der Waals surface area contributed by atoms with Gasteiger partial charge < -0.3 is 9.90 Å². The van der Waals surface area contributed by atoms with Crippen LogP contribution in [0.5, 0.6) is 0 Å². The van der Waals surface area contributed by atoms with Crippen molar-refractivity contribution in [3.05, 3.63) is 12.7 Å². The van der Waals surface area contributed by atoms with Crippen molar-refractivity contribution >= 4 is 6.29 Å². The monoisotopic (exact) mass is 183 g/mol. The molecule has 1 aliphatic rings. The molecule has 74 valence electrons. The van der Waals surface area contributed by atoms with Gasteiger partial charge >= 0.3 is 0 Å². The number of likely N-dealkylation sites (tertiary alicyclic amines) is 1. The fraction of sp³-hybridized carbons (Fsp3) is 0.700. The lowest BCUT2D eigenvalue weighted by Crippen LogP contribution is -2.44. The van der Waals surface area contributed by atoms with E-state index >= 15 is 0 Å². The fourth-order valence-electron chi connectivity index (χ4n) is 1.73. The summed E-state index contributed by atoms with van der Waals surface area (Å²) in [6.45, 7) is 5.73. The molecule has 0 aromatic carbocycles. The molecule has 1 N–H and O–H groups in total. The summed E-state index contributed by atoms with van der Waals surface area (Å²) >= 11 is 0. The standard InChI is InChI=1S/C10H17NO2/c1-2-3-10(13)4-6-11(7-5-10)8-9-12/h2,9,13H,1,3-8H2. The predicted octanol–water partition coefficient (Wildman–Crippen LogP) is 0.588. The number of piperidine rings is 1. The van der Waals surface area contributed by atoms with Gasteiger partial charge in [0.15, 0.2) is 0 Å². The summed E-state index contributed by atoms with van der Waals surface area (Å²) in [5, 5.41) is 9.97. The van der Waals surface area contributed by atoms with Crippen molar-refractivity contribution in [2.45, 2.75) is 24.9 Å². The lowest BCUT2D eigenvalue weighted by Gasteiger charge is -2.36. The summed E-state index contributed by atoms with van der Waals surface area (Å²) < 4.78 is 0. The van der Waals surface area contributed by atoms with E-state index in [0.29, 0.717) is 13.0 Å². The Morgan fingerprint density at radius 2 is 2.08 bits per heavy atom. The summed E-state index contributed by atoms with van der Waals surface area (Å²) in [6.07, 6.45) is 4.81. The lowest BCUT2D eigenvalue weighted by atomic mass is 9.88. The van der Waals surface area contributed by atoms with Crippen molar-refractivity contribution in [3.63, 3.8) is 0 Å². The van der Waals surface area contributed by atoms with Crippen LogP contribution in [0.25, 0.3) is 0 Å². The van der Waals surface area contributed by atoms with E-state index in [9.17, 15) is 9.90 Å². The highest BCUT2D eigenvalue weighted by atomic mass is 16.3. The van der Waals surface area contributed by atoms with Crippen LogP contribution in [0.3, 0.4) is 0 Å². The van der Waals surface area contributed by atoms with Crippen molar-refractivity contribution in [2.24, 2.45) is 0 Å². The van der Waals surface area contributed by atoms with E-state index in [1.54, 1.807) is 6.08 Å². The number of nitrogens with zero attached hydrogens (tertiary/aromatic N) is 1. The molecule has 0 saturated carbocycles. The Morgan fingerprint density at radius 3 is 2.54 bits per heavy atom. The van der Waals surface area contributed by atoms with Crippen LogP contribution < -0.4 is 0 Å². The second kappa shape index (κ2) is 4.53. The van der Waals surface area contributed by atoms with Crippen molar-refractivity contribution in [1.29, 1.82) is 0 Å². The van der Waals surface area contributed by atoms with E-state index < -0.39 is 5.60 Å². The minimum Gasteiger partial charge on any atom is -0.389 e. The maximum absolute atomic E-state index is 10.2. The van der Waals surface area contributed by atoms with Gasteiger partial charge in [0.05, 0.1) is 12.1 Å². The summed E-state index contributed by atoms with van der Waals surface area (Å²) in [6, 6.07) is 0. The Kier molecular flexibility index (Phi) is 3.63. The van der Waals surface area contributed by atoms with Gasteiger partial charge in [-0.25, -0.2) is 0 Å². The number of aliphatic hydroxyl groups is 1. The summed E-state index contributed by atoms with van der Waals surface area (Å²) in [5.41, 5.74) is -0.568. The molecule has 3 nitrogen and oxygen atoms in total. The molecule has 1 heterocycles. The molecule has 1 aliphatic heterocycles. The van der Waals surface area contributed by atoms with E-state index in [2.05, 4.69) is 11.5 Å². The number of rotatable bonds is 4. The van der Waals surface area contributed by atoms with E-state index in [4.69, 9.17) is 0 Å². The maximum Gasteiger partial charge on any atom is 0.133 e. The van der Waals surface area contributed by atoms with Crippen molar-refractivity contribution in [2.75, 3.05) is 19.6 Å². The Bertz CT molecular complexity index is 183. The molecule has 0 aromatic heterocycles. The van der Waals surface area contributed by atoms with E-state index in [1.165, 1.54) is 0 Å². The van der Waals surface area contributed by atoms with Gasteiger partial charge in [0, 0.05) is 13.1 Å². The Labute approximate surface area is 79.0 Å². The first-order valence-electron chi connectivity index (χ1n) is 4.69. The average Bonchev–Trinajstić information content (AvgIpc) is 2.10. The lowest BCUT2D eigenvalue weighted by molar-refractivity contribution is -0.110. The smallest absolute Gasteiger partial charge is 0.133 e. The van der Waals surface area contributed by atoms with Gasteiger partial charge in [-0.05, 0) is 19.3 Å². The zero-order valence-corrected chi connectivity index (χ0v) is 7.91. The van der Waals surface area contributed by atoms with Crippen LogP contribution in [0.15, 0.2) is 12.7 Å². The topological polar surface area (TPSA) is 40.5 Å². The summed E-state index contributed by atoms with van der Waals surface area (Å²) in [4.78, 5) is 12.3. The number of carbonyl (C=O) groups excluding carboxylic acids is 1. The van der Waals surface area contributed by atoms with Gasteiger partial charge in [0.1, 0.15) is 6.29 Å². The second-order valence-corrected chi connectivity index (χ2v) is 3.68. The minimum absolute atomic E-state index is 0.490. The molecule has 3 heteroatoms. The van der Waals surface area contributed by atoms with Crippen LogP contribution >= 0.6 is 0 Å². The number of aldehydes is 1. The molecule has 1 rings (SSSR count). The van der Waals surface area contributed by atoms with E-state index in [0.717, 1.165) is 32.2 Å². The molecule has 0 unspecified atom stereocenters. The predicted molar refractivity (Wildman–Crippen MR) is 51.5 cm³/mol. The highest BCUT2D eigenvalue weighted by Crippen LogP contribution is 2.25. The van der Waals surface area contributed by atoms with Crippen LogP contribution in [-0.2, 0) is 4.79 Å². The first kappa shape index (κ1) is 10.4. The first-order chi connectivity index (χ1) is 6.20. The maximum atomic E-state index is 10.2. The fourth-order valence-corrected chi connectivity index (χ4v) is 1.73. The highest BCUT2D eigenvalue weighted by molar-refractivity contribution is 5.51. The SMILES string of the molecule is C=CCC1(O)CCN(CC=O)CC1. The van der Waals surface area contributed by atoms with Crippen molar-refractivity contribution in [3.8, 4) is 0 Å². The van der Waals surface area contributed by atoms with Crippen LogP contribution in [0, 0.1) is 0 Å². The Balaban J connectivity index is 2.36. The van der Waals surface area contributed by atoms with Crippen molar-refractivity contribution < 1.29 is 9.90 Å². The highest BCUT2D eigenvalue weighted by Gasteiger charge is 2.30. The van der Waals surface area contributed by atoms with Gasteiger partial charge in [0.25, 0.3) is 0 Å². The third-order valence-corrected chi connectivity index (χ3v) is 2.64. The van der Waals surface area contributed by atoms with E-state index in [1.807, 2.05) is 0 Å². The quantitative estimate of drug-likeness (QED) is 0.512. The zero-order chi connectivity index (χ0) is 9.73. The average molecular weight is 183 g/mol. The van der Waals surface area contributed by atoms with Crippen LogP contribution in [0.4, 0.5) is 0 Å². The Hall–Kier alpha value is -0.670. The molecule has 1 fully saturated rings. The normalized spacial score (nSPS) is 22.5. The third kappa shape index (κ3) is 2.94. The van der Waals surface area contributed by atoms with Crippen LogP contribution in [-0.4, -0.2) is 41.5 Å². The Morgan fingerprint density at radius 1 is 1.46 bits per heavy atom. The molecule has 0 aromatic rings. The molecule has 1 saturated heterocycles. The van der Waals surface area contributed by atoms with Crippen LogP contribution in [0.1, 0.15) is 19.3 Å². The molecular weight excluding hydrogens is 166 g/mol. The third-order valence-electron chi connectivity index (χ3n) is 2.64. The molecule has 13 heavy (non-hydrogen) atoms. The molecule has 0 bridgehead atoms. The largest absolute Gasteiger partial charge is 0.389 e. The molecule has 0 aliphatic carbocycles. The molecular formula is C10H17NO2. The zero-order valence-electron chi connectivity index (χ0n) is 7.91. The summed E-state index contributed by atoms with van der Waals surface area (Å²) in [7, 11) is 0. The first-order valence-corrected chi connectivity index (χ1v) is 4.69. The van der Waals surface area contributed by atoms with Gasteiger partial charge in [-0.1, -0.05) is 6.08 Å². The van der Waals surface area contributed by atoms with Crippen molar-refractivity contribution in [1.82, 2.24) is 4.90 Å². The number of carbonyl (C=O) groups is 1. The van der Waals surface area contributed by atoms with E-state index in [-0.39, 0.29) is 0 Å². The molecule has 0 amide bonds. The number of hydrogen-bond donors (Lipinski definition) is 1. The van der Waals surface area contributed by atoms with Gasteiger partial charge in [-0.3, -0.25) is 4.90 Å². The number of hydrogen-bond acceptors (Lipinski definition) is 3.